The summed E-state index contributed by atoms with van der Waals surface area (Å²) < 4.78 is 51.5. The lowest BCUT2D eigenvalue weighted by Crippen LogP contribution is -2.46. The first kappa shape index (κ1) is 18.7. The highest BCUT2D eigenvalue weighted by Crippen LogP contribution is 2.31. The minimum absolute atomic E-state index is 0.243. The molecule has 2 aromatic carbocycles. The molecule has 0 saturated carbocycles. The van der Waals surface area contributed by atoms with E-state index in [2.05, 4.69) is 14.8 Å². The third-order valence-electron chi connectivity index (χ3n) is 5.02. The molecule has 28 heavy (non-hydrogen) atoms. The molecule has 1 aliphatic rings. The number of fused-ring (bicyclic) bond motifs is 1. The Morgan fingerprint density at radius 1 is 0.857 bits per heavy atom. The van der Waals surface area contributed by atoms with E-state index in [1.165, 1.54) is 18.2 Å². The zero-order valence-electron chi connectivity index (χ0n) is 15.1. The average molecular weight is 389 g/mol. The number of aromatic nitrogens is 1. The van der Waals surface area contributed by atoms with Crippen molar-refractivity contribution in [3.63, 3.8) is 0 Å². The van der Waals surface area contributed by atoms with Crippen LogP contribution in [-0.2, 0) is 12.7 Å². The van der Waals surface area contributed by atoms with Gasteiger partial charge in [-0.1, -0.05) is 6.07 Å². The van der Waals surface area contributed by atoms with Crippen LogP contribution in [0.2, 0.25) is 0 Å². The van der Waals surface area contributed by atoms with E-state index in [1.807, 2.05) is 0 Å². The molecule has 4 rings (SSSR count). The van der Waals surface area contributed by atoms with Gasteiger partial charge >= 0.3 is 6.18 Å². The molecule has 3 aromatic rings. The molecule has 0 atom stereocenters. The molecule has 1 fully saturated rings. The normalized spacial score (nSPS) is 15.9. The molecule has 1 aliphatic heterocycles. The summed E-state index contributed by atoms with van der Waals surface area (Å²) in [5.41, 5.74) is 1.75. The van der Waals surface area contributed by atoms with Crippen molar-refractivity contribution < 1.29 is 17.6 Å². The first-order valence-corrected chi connectivity index (χ1v) is 9.08. The highest BCUT2D eigenvalue weighted by Gasteiger charge is 2.30. The van der Waals surface area contributed by atoms with Crippen LogP contribution in [0.25, 0.3) is 10.9 Å². The summed E-state index contributed by atoms with van der Waals surface area (Å²) in [6.07, 6.45) is -4.35. The number of pyridine rings is 1. The summed E-state index contributed by atoms with van der Waals surface area (Å²) in [4.78, 5) is 8.99. The van der Waals surface area contributed by atoms with Crippen LogP contribution in [0.5, 0.6) is 0 Å². The van der Waals surface area contributed by atoms with E-state index >= 15 is 0 Å². The fourth-order valence-electron chi connectivity index (χ4n) is 3.48. The molecule has 0 aliphatic carbocycles. The summed E-state index contributed by atoms with van der Waals surface area (Å²) in [7, 11) is 0. The molecule has 0 amide bonds. The van der Waals surface area contributed by atoms with E-state index in [1.54, 1.807) is 24.3 Å². The minimum atomic E-state index is -4.35. The van der Waals surface area contributed by atoms with E-state index in [0.29, 0.717) is 17.4 Å². The Hall–Kier alpha value is -2.67. The molecule has 1 aromatic heterocycles. The number of piperazine rings is 1. The molecular formula is C21H19F4N3. The lowest BCUT2D eigenvalue weighted by Gasteiger charge is -2.36. The Labute approximate surface area is 160 Å². The SMILES string of the molecule is Fc1ccc(N2CCN(Cc3ccc4cc(C(F)(F)F)ccc4n3)CC2)cc1. The maximum absolute atomic E-state index is 13.1. The number of rotatable bonds is 3. The van der Waals surface area contributed by atoms with Crippen LogP contribution in [0.15, 0.2) is 54.6 Å². The zero-order valence-corrected chi connectivity index (χ0v) is 15.1. The van der Waals surface area contributed by atoms with E-state index in [0.717, 1.165) is 49.7 Å². The summed E-state index contributed by atoms with van der Waals surface area (Å²) in [6.45, 7) is 3.98. The summed E-state index contributed by atoms with van der Waals surface area (Å²) >= 11 is 0. The van der Waals surface area contributed by atoms with Crippen LogP contribution < -0.4 is 4.90 Å². The van der Waals surface area contributed by atoms with Crippen molar-refractivity contribution in [3.8, 4) is 0 Å². The van der Waals surface area contributed by atoms with Crippen LogP contribution in [0.4, 0.5) is 23.2 Å². The molecule has 2 heterocycles. The van der Waals surface area contributed by atoms with Gasteiger partial charge in [-0.25, -0.2) is 4.39 Å². The Bertz CT molecular complexity index is 962. The smallest absolute Gasteiger partial charge is 0.369 e. The highest BCUT2D eigenvalue weighted by molar-refractivity contribution is 5.79. The Morgan fingerprint density at radius 2 is 1.57 bits per heavy atom. The number of anilines is 1. The highest BCUT2D eigenvalue weighted by atomic mass is 19.4. The van der Waals surface area contributed by atoms with Gasteiger partial charge in [0.25, 0.3) is 0 Å². The van der Waals surface area contributed by atoms with Gasteiger partial charge in [-0.05, 0) is 48.5 Å². The van der Waals surface area contributed by atoms with Crippen molar-refractivity contribution in [1.82, 2.24) is 9.88 Å². The number of halogens is 4. The average Bonchev–Trinajstić information content (AvgIpc) is 2.68. The lowest BCUT2D eigenvalue weighted by atomic mass is 10.1. The van der Waals surface area contributed by atoms with Crippen LogP contribution in [0.1, 0.15) is 11.3 Å². The van der Waals surface area contributed by atoms with E-state index in [4.69, 9.17) is 0 Å². The predicted molar refractivity (Wildman–Crippen MR) is 101 cm³/mol. The van der Waals surface area contributed by atoms with Gasteiger partial charge in [0, 0.05) is 43.8 Å². The van der Waals surface area contributed by atoms with Gasteiger partial charge in [-0.2, -0.15) is 13.2 Å². The molecule has 7 heteroatoms. The second-order valence-corrected chi connectivity index (χ2v) is 6.95. The molecule has 0 spiro atoms. The van der Waals surface area contributed by atoms with Crippen molar-refractivity contribution in [2.24, 2.45) is 0 Å². The van der Waals surface area contributed by atoms with Crippen molar-refractivity contribution in [2.45, 2.75) is 12.7 Å². The van der Waals surface area contributed by atoms with Crippen LogP contribution in [0.3, 0.4) is 0 Å². The summed E-state index contributed by atoms with van der Waals surface area (Å²) in [5, 5.41) is 0.486. The third kappa shape index (κ3) is 4.09. The largest absolute Gasteiger partial charge is 0.416 e. The molecule has 146 valence electrons. The number of alkyl halides is 3. The zero-order chi connectivity index (χ0) is 19.7. The first-order chi connectivity index (χ1) is 13.4. The van der Waals surface area contributed by atoms with Gasteiger partial charge in [-0.15, -0.1) is 0 Å². The topological polar surface area (TPSA) is 19.4 Å². The minimum Gasteiger partial charge on any atom is -0.369 e. The van der Waals surface area contributed by atoms with Crippen molar-refractivity contribution in [2.75, 3.05) is 31.1 Å². The number of nitrogens with zero attached hydrogens (tertiary/aromatic N) is 3. The lowest BCUT2D eigenvalue weighted by molar-refractivity contribution is -0.137. The number of benzene rings is 2. The number of hydrogen-bond acceptors (Lipinski definition) is 3. The molecular weight excluding hydrogens is 370 g/mol. The molecule has 1 saturated heterocycles. The molecule has 0 radical (unpaired) electrons. The Morgan fingerprint density at radius 3 is 2.25 bits per heavy atom. The quantitative estimate of drug-likeness (QED) is 0.605. The maximum Gasteiger partial charge on any atom is 0.416 e. The van der Waals surface area contributed by atoms with E-state index in [-0.39, 0.29) is 5.82 Å². The Balaban J connectivity index is 1.41. The fourth-order valence-corrected chi connectivity index (χ4v) is 3.48. The molecule has 3 nitrogen and oxygen atoms in total. The fraction of sp³-hybridized carbons (Fsp3) is 0.286. The molecule has 0 bridgehead atoms. The first-order valence-electron chi connectivity index (χ1n) is 9.08. The van der Waals surface area contributed by atoms with E-state index < -0.39 is 11.7 Å². The Kier molecular flexibility index (Phi) is 4.93. The van der Waals surface area contributed by atoms with Gasteiger partial charge in [-0.3, -0.25) is 9.88 Å². The van der Waals surface area contributed by atoms with E-state index in [9.17, 15) is 17.6 Å². The van der Waals surface area contributed by atoms with Crippen LogP contribution >= 0.6 is 0 Å². The molecule has 0 N–H and O–H groups in total. The van der Waals surface area contributed by atoms with Gasteiger partial charge < -0.3 is 4.90 Å². The van der Waals surface area contributed by atoms with Crippen LogP contribution in [-0.4, -0.2) is 36.1 Å². The monoisotopic (exact) mass is 389 g/mol. The second kappa shape index (κ2) is 7.39. The van der Waals surface area contributed by atoms with Crippen molar-refractivity contribution in [1.29, 1.82) is 0 Å². The standard InChI is InChI=1S/C21H19F4N3/c22-17-3-6-19(7-4-17)28-11-9-27(10-12-28)14-18-5-1-15-13-16(21(23,24)25)2-8-20(15)26-18/h1-8,13H,9-12,14H2. The number of hydrogen-bond donors (Lipinski definition) is 0. The van der Waals surface area contributed by atoms with Crippen molar-refractivity contribution in [3.05, 3.63) is 71.7 Å². The van der Waals surface area contributed by atoms with Gasteiger partial charge in [0.2, 0.25) is 0 Å². The molecule has 0 unspecified atom stereocenters. The van der Waals surface area contributed by atoms with Gasteiger partial charge in [0.15, 0.2) is 0 Å². The third-order valence-corrected chi connectivity index (χ3v) is 5.02. The van der Waals surface area contributed by atoms with Crippen molar-refractivity contribution >= 4 is 16.6 Å². The van der Waals surface area contributed by atoms with Crippen LogP contribution in [0, 0.1) is 5.82 Å². The second-order valence-electron chi connectivity index (χ2n) is 6.95. The maximum atomic E-state index is 13.1. The summed E-state index contributed by atoms with van der Waals surface area (Å²) in [6, 6.07) is 13.6. The van der Waals surface area contributed by atoms with Gasteiger partial charge in [0.05, 0.1) is 16.8 Å². The van der Waals surface area contributed by atoms with Gasteiger partial charge in [0.1, 0.15) is 5.82 Å². The summed E-state index contributed by atoms with van der Waals surface area (Å²) in [5.74, 6) is -0.243. The predicted octanol–water partition coefficient (Wildman–Crippen LogP) is 4.71.